The van der Waals surface area contributed by atoms with Gasteiger partial charge in [-0.05, 0) is 51.0 Å². The Labute approximate surface area is 130 Å². The fourth-order valence-corrected chi connectivity index (χ4v) is 3.23. The van der Waals surface area contributed by atoms with E-state index < -0.39 is 11.5 Å². The Balaban J connectivity index is 2.54. The van der Waals surface area contributed by atoms with E-state index in [0.717, 1.165) is 6.42 Å². The van der Waals surface area contributed by atoms with Crippen molar-refractivity contribution in [3.63, 3.8) is 0 Å². The molecule has 21 heavy (non-hydrogen) atoms. The third kappa shape index (κ3) is 5.32. The third-order valence-electron chi connectivity index (χ3n) is 3.42. The Morgan fingerprint density at radius 3 is 2.62 bits per heavy atom. The predicted molar refractivity (Wildman–Crippen MR) is 85.3 cm³/mol. The van der Waals surface area contributed by atoms with E-state index in [4.69, 9.17) is 0 Å². The van der Waals surface area contributed by atoms with Gasteiger partial charge >= 0.3 is 5.97 Å². The minimum atomic E-state index is -0.885. The summed E-state index contributed by atoms with van der Waals surface area (Å²) in [6.07, 6.45) is 1.79. The predicted octanol–water partition coefficient (Wildman–Crippen LogP) is 3.93. The van der Waals surface area contributed by atoms with Crippen LogP contribution in [0.4, 0.5) is 4.39 Å². The molecule has 1 aromatic rings. The van der Waals surface area contributed by atoms with Crippen molar-refractivity contribution in [1.82, 2.24) is 5.32 Å². The molecule has 0 heterocycles. The number of aliphatic carboxylic acids is 1. The first-order valence-electron chi connectivity index (χ1n) is 7.29. The summed E-state index contributed by atoms with van der Waals surface area (Å²) < 4.78 is 13.5. The molecule has 0 spiro atoms. The van der Waals surface area contributed by atoms with Crippen molar-refractivity contribution < 1.29 is 14.3 Å². The van der Waals surface area contributed by atoms with Crippen molar-refractivity contribution >= 4 is 17.7 Å². The van der Waals surface area contributed by atoms with Gasteiger partial charge in [0.2, 0.25) is 0 Å². The molecule has 1 unspecified atom stereocenters. The fraction of sp³-hybridized carbons (Fsp3) is 0.562. The Bertz CT molecular complexity index is 467. The van der Waals surface area contributed by atoms with Gasteiger partial charge in [-0.3, -0.25) is 10.1 Å². The molecule has 1 atom stereocenters. The van der Waals surface area contributed by atoms with Crippen LogP contribution < -0.4 is 5.32 Å². The number of carboxylic acid groups (broad SMARTS) is 1. The standard InChI is InChI=1S/C16H24FNO2S/c1-4-16(15(19)20,18-12(2)3)10-7-11-21-14-9-6-5-8-13(14)17/h5-6,8-9,12,18H,4,7,10-11H2,1-3H3,(H,19,20). The summed E-state index contributed by atoms with van der Waals surface area (Å²) in [5.41, 5.74) is -0.885. The smallest absolute Gasteiger partial charge is 0.323 e. The highest BCUT2D eigenvalue weighted by atomic mass is 32.2. The summed E-state index contributed by atoms with van der Waals surface area (Å²) in [4.78, 5) is 12.2. The quantitative estimate of drug-likeness (QED) is 0.536. The zero-order chi connectivity index (χ0) is 15.9. The highest BCUT2D eigenvalue weighted by Gasteiger charge is 2.36. The number of carboxylic acids is 1. The molecule has 0 saturated heterocycles. The van der Waals surface area contributed by atoms with Gasteiger partial charge in [-0.2, -0.15) is 0 Å². The second kappa shape index (κ2) is 8.39. The van der Waals surface area contributed by atoms with Crippen molar-refractivity contribution in [3.05, 3.63) is 30.1 Å². The van der Waals surface area contributed by atoms with Gasteiger partial charge in [0.05, 0.1) is 0 Å². The Hall–Kier alpha value is -1.07. The van der Waals surface area contributed by atoms with Gasteiger partial charge in [-0.1, -0.05) is 19.1 Å². The molecule has 0 saturated carbocycles. The number of rotatable bonds is 9. The molecule has 3 nitrogen and oxygen atoms in total. The number of thioether (sulfide) groups is 1. The van der Waals surface area contributed by atoms with Crippen molar-refractivity contribution in [2.75, 3.05) is 5.75 Å². The number of halogens is 1. The van der Waals surface area contributed by atoms with Gasteiger partial charge in [-0.25, -0.2) is 4.39 Å². The summed E-state index contributed by atoms with van der Waals surface area (Å²) in [5.74, 6) is -0.326. The fourth-order valence-electron chi connectivity index (χ4n) is 2.34. The average Bonchev–Trinajstić information content (AvgIpc) is 2.43. The first-order chi connectivity index (χ1) is 9.91. The van der Waals surface area contributed by atoms with Crippen LogP contribution in [-0.4, -0.2) is 28.4 Å². The van der Waals surface area contributed by atoms with E-state index in [9.17, 15) is 14.3 Å². The first kappa shape index (κ1) is 18.0. The molecule has 1 rings (SSSR count). The molecule has 118 valence electrons. The van der Waals surface area contributed by atoms with Crippen LogP contribution in [-0.2, 0) is 4.79 Å². The normalized spacial score (nSPS) is 14.1. The summed E-state index contributed by atoms with van der Waals surface area (Å²) in [6, 6.07) is 6.77. The number of hydrogen-bond acceptors (Lipinski definition) is 3. The SMILES string of the molecule is CCC(CCCSc1ccccc1F)(NC(C)C)C(=O)O. The van der Waals surface area contributed by atoms with E-state index in [2.05, 4.69) is 5.32 Å². The Kier molecular flexibility index (Phi) is 7.18. The number of hydrogen-bond donors (Lipinski definition) is 2. The molecule has 0 aliphatic heterocycles. The lowest BCUT2D eigenvalue weighted by molar-refractivity contribution is -0.145. The maximum atomic E-state index is 13.5. The maximum Gasteiger partial charge on any atom is 0.323 e. The van der Waals surface area contributed by atoms with Crippen LogP contribution in [0.1, 0.15) is 40.0 Å². The molecule has 0 radical (unpaired) electrons. The van der Waals surface area contributed by atoms with Gasteiger partial charge in [0.15, 0.2) is 0 Å². The highest BCUT2D eigenvalue weighted by molar-refractivity contribution is 7.99. The van der Waals surface area contributed by atoms with Gasteiger partial charge in [0.25, 0.3) is 0 Å². The van der Waals surface area contributed by atoms with Gasteiger partial charge in [-0.15, -0.1) is 11.8 Å². The molecule has 0 aliphatic carbocycles. The van der Waals surface area contributed by atoms with Crippen LogP contribution in [0.3, 0.4) is 0 Å². The molecule has 2 N–H and O–H groups in total. The molecular formula is C16H24FNO2S. The maximum absolute atomic E-state index is 13.5. The Morgan fingerprint density at radius 2 is 2.10 bits per heavy atom. The van der Waals surface area contributed by atoms with E-state index in [1.54, 1.807) is 18.2 Å². The summed E-state index contributed by atoms with van der Waals surface area (Å²) in [6.45, 7) is 5.77. The lowest BCUT2D eigenvalue weighted by Crippen LogP contribution is -2.54. The number of benzene rings is 1. The van der Waals surface area contributed by atoms with Crippen LogP contribution in [0, 0.1) is 5.82 Å². The van der Waals surface area contributed by atoms with Crippen LogP contribution in [0.25, 0.3) is 0 Å². The third-order valence-corrected chi connectivity index (χ3v) is 4.55. The van der Waals surface area contributed by atoms with Crippen LogP contribution in [0.2, 0.25) is 0 Å². The lowest BCUT2D eigenvalue weighted by atomic mass is 9.90. The summed E-state index contributed by atoms with van der Waals surface area (Å²) in [5, 5.41) is 12.7. The van der Waals surface area contributed by atoms with Crippen LogP contribution in [0.5, 0.6) is 0 Å². The highest BCUT2D eigenvalue weighted by Crippen LogP contribution is 2.25. The molecule has 0 amide bonds. The summed E-state index contributed by atoms with van der Waals surface area (Å²) >= 11 is 1.43. The van der Waals surface area contributed by atoms with E-state index >= 15 is 0 Å². The van der Waals surface area contributed by atoms with Crippen molar-refractivity contribution in [2.24, 2.45) is 0 Å². The van der Waals surface area contributed by atoms with Gasteiger partial charge in [0.1, 0.15) is 11.4 Å². The van der Waals surface area contributed by atoms with Crippen LogP contribution >= 0.6 is 11.8 Å². The monoisotopic (exact) mass is 313 g/mol. The number of nitrogens with one attached hydrogen (secondary N) is 1. The molecule has 5 heteroatoms. The molecule has 0 fully saturated rings. The minimum absolute atomic E-state index is 0.111. The topological polar surface area (TPSA) is 49.3 Å². The zero-order valence-corrected chi connectivity index (χ0v) is 13.7. The Morgan fingerprint density at radius 1 is 1.43 bits per heavy atom. The lowest BCUT2D eigenvalue weighted by Gasteiger charge is -2.31. The van der Waals surface area contributed by atoms with E-state index in [-0.39, 0.29) is 11.9 Å². The summed E-state index contributed by atoms with van der Waals surface area (Å²) in [7, 11) is 0. The molecular weight excluding hydrogens is 289 g/mol. The van der Waals surface area contributed by atoms with Gasteiger partial charge < -0.3 is 5.11 Å². The average molecular weight is 313 g/mol. The first-order valence-corrected chi connectivity index (χ1v) is 8.28. The zero-order valence-electron chi connectivity index (χ0n) is 12.9. The minimum Gasteiger partial charge on any atom is -0.480 e. The molecule has 0 aliphatic rings. The number of carbonyl (C=O) groups is 1. The molecule has 0 aromatic heterocycles. The van der Waals surface area contributed by atoms with Gasteiger partial charge in [0, 0.05) is 10.9 Å². The molecule has 0 bridgehead atoms. The second-order valence-corrected chi connectivity index (χ2v) is 6.56. The largest absolute Gasteiger partial charge is 0.480 e. The van der Waals surface area contributed by atoms with Crippen LogP contribution in [0.15, 0.2) is 29.2 Å². The van der Waals surface area contributed by atoms with E-state index in [1.165, 1.54) is 17.8 Å². The van der Waals surface area contributed by atoms with E-state index in [1.807, 2.05) is 20.8 Å². The van der Waals surface area contributed by atoms with Crippen molar-refractivity contribution in [3.8, 4) is 0 Å². The molecule has 1 aromatic carbocycles. The second-order valence-electron chi connectivity index (χ2n) is 5.42. The van der Waals surface area contributed by atoms with Crippen molar-refractivity contribution in [2.45, 2.75) is 56.5 Å². The van der Waals surface area contributed by atoms with Crippen molar-refractivity contribution in [1.29, 1.82) is 0 Å². The van der Waals surface area contributed by atoms with E-state index in [0.29, 0.717) is 23.5 Å².